The van der Waals surface area contributed by atoms with Crippen molar-refractivity contribution in [2.24, 2.45) is 0 Å². The van der Waals surface area contributed by atoms with E-state index in [2.05, 4.69) is 27.5 Å². The van der Waals surface area contributed by atoms with Gasteiger partial charge in [0.1, 0.15) is 5.82 Å². The van der Waals surface area contributed by atoms with Crippen molar-refractivity contribution in [1.82, 2.24) is 10.3 Å². The predicted molar refractivity (Wildman–Crippen MR) is 117 cm³/mol. The topological polar surface area (TPSA) is 86.3 Å². The van der Waals surface area contributed by atoms with Gasteiger partial charge in [-0.15, -0.1) is 6.58 Å². The molecule has 2 rings (SSSR count). The van der Waals surface area contributed by atoms with Crippen LogP contribution in [-0.2, 0) is 17.6 Å². The first kappa shape index (κ1) is 23.2. The number of carboxylic acid groups (broad SMARTS) is 1. The summed E-state index contributed by atoms with van der Waals surface area (Å²) in [6.07, 6.45) is 5.50. The van der Waals surface area contributed by atoms with E-state index in [1.54, 1.807) is 12.3 Å². The zero-order valence-electron chi connectivity index (χ0n) is 16.9. The Bertz CT molecular complexity index is 719. The predicted octanol–water partition coefficient (Wildman–Crippen LogP) is 3.58. The number of nitrogens with zero attached hydrogens (tertiary/aromatic N) is 1. The van der Waals surface area contributed by atoms with Crippen molar-refractivity contribution in [2.75, 3.05) is 37.3 Å². The SMILES string of the molecule is C=CC.CNc1ncccc1NCCCNCCc1cccc(CC(=O)O)c1. The summed E-state index contributed by atoms with van der Waals surface area (Å²) in [6, 6.07) is 11.7. The summed E-state index contributed by atoms with van der Waals surface area (Å²) in [6.45, 7) is 7.93. The number of aromatic nitrogens is 1. The van der Waals surface area contributed by atoms with Crippen molar-refractivity contribution < 1.29 is 9.90 Å². The molecular weight excluding hydrogens is 352 g/mol. The fourth-order valence-electron chi connectivity index (χ4n) is 2.61. The minimum absolute atomic E-state index is 0.0793. The number of anilines is 2. The third-order valence-electron chi connectivity index (χ3n) is 3.83. The Morgan fingerprint density at radius 1 is 1.18 bits per heavy atom. The Morgan fingerprint density at radius 2 is 1.93 bits per heavy atom. The third-order valence-corrected chi connectivity index (χ3v) is 3.83. The Hall–Kier alpha value is -2.86. The normalized spacial score (nSPS) is 9.79. The maximum Gasteiger partial charge on any atom is 0.307 e. The monoisotopic (exact) mass is 384 g/mol. The average molecular weight is 385 g/mol. The zero-order chi connectivity index (χ0) is 20.6. The third kappa shape index (κ3) is 9.73. The van der Waals surface area contributed by atoms with Crippen LogP contribution in [0.3, 0.4) is 0 Å². The van der Waals surface area contributed by atoms with Gasteiger partial charge >= 0.3 is 5.97 Å². The van der Waals surface area contributed by atoms with Gasteiger partial charge in [-0.05, 0) is 56.1 Å². The first-order valence-corrected chi connectivity index (χ1v) is 9.54. The quantitative estimate of drug-likeness (QED) is 0.350. The molecule has 0 aliphatic rings. The molecule has 0 saturated carbocycles. The van der Waals surface area contributed by atoms with Crippen molar-refractivity contribution in [1.29, 1.82) is 0 Å². The van der Waals surface area contributed by atoms with Gasteiger partial charge in [-0.25, -0.2) is 4.98 Å². The summed E-state index contributed by atoms with van der Waals surface area (Å²) in [4.78, 5) is 15.0. The Kier molecular flexibility index (Phi) is 11.8. The van der Waals surface area contributed by atoms with Crippen molar-refractivity contribution in [3.8, 4) is 0 Å². The fourth-order valence-corrected chi connectivity index (χ4v) is 2.61. The summed E-state index contributed by atoms with van der Waals surface area (Å²) in [5.41, 5.74) is 3.03. The molecular formula is C22H32N4O2. The number of nitrogens with one attached hydrogen (secondary N) is 3. The lowest BCUT2D eigenvalue weighted by molar-refractivity contribution is -0.136. The van der Waals surface area contributed by atoms with Crippen LogP contribution in [-0.4, -0.2) is 42.7 Å². The molecule has 0 atom stereocenters. The molecule has 4 N–H and O–H groups in total. The molecule has 28 heavy (non-hydrogen) atoms. The molecule has 1 heterocycles. The Balaban J connectivity index is 0.00000122. The zero-order valence-corrected chi connectivity index (χ0v) is 16.9. The highest BCUT2D eigenvalue weighted by Gasteiger charge is 2.02. The maximum atomic E-state index is 10.8. The number of hydrogen-bond acceptors (Lipinski definition) is 5. The van der Waals surface area contributed by atoms with Crippen LogP contribution < -0.4 is 16.0 Å². The van der Waals surface area contributed by atoms with Crippen LogP contribution in [0.15, 0.2) is 55.3 Å². The second-order valence-electron chi connectivity index (χ2n) is 6.23. The first-order chi connectivity index (χ1) is 13.6. The lowest BCUT2D eigenvalue weighted by atomic mass is 10.1. The number of carboxylic acids is 1. The van der Waals surface area contributed by atoms with Crippen molar-refractivity contribution >= 4 is 17.5 Å². The van der Waals surface area contributed by atoms with E-state index in [0.717, 1.165) is 49.5 Å². The van der Waals surface area contributed by atoms with E-state index in [9.17, 15) is 4.79 Å². The molecule has 0 fully saturated rings. The van der Waals surface area contributed by atoms with Gasteiger partial charge in [-0.1, -0.05) is 30.3 Å². The van der Waals surface area contributed by atoms with Crippen molar-refractivity contribution in [2.45, 2.75) is 26.2 Å². The number of carbonyl (C=O) groups is 1. The molecule has 0 radical (unpaired) electrons. The summed E-state index contributed by atoms with van der Waals surface area (Å²) >= 11 is 0. The molecule has 6 nitrogen and oxygen atoms in total. The molecule has 0 aliphatic heterocycles. The minimum Gasteiger partial charge on any atom is -0.481 e. The van der Waals surface area contributed by atoms with E-state index in [0.29, 0.717) is 0 Å². The molecule has 1 aromatic carbocycles. The number of aliphatic carboxylic acids is 1. The average Bonchev–Trinajstić information content (AvgIpc) is 2.68. The lowest BCUT2D eigenvalue weighted by Crippen LogP contribution is -2.21. The van der Waals surface area contributed by atoms with Gasteiger partial charge in [-0.2, -0.15) is 0 Å². The van der Waals surface area contributed by atoms with E-state index >= 15 is 0 Å². The second kappa shape index (κ2) is 14.2. The number of hydrogen-bond donors (Lipinski definition) is 4. The highest BCUT2D eigenvalue weighted by Crippen LogP contribution is 2.16. The smallest absolute Gasteiger partial charge is 0.307 e. The molecule has 6 heteroatoms. The van der Waals surface area contributed by atoms with Gasteiger partial charge in [0, 0.05) is 19.8 Å². The summed E-state index contributed by atoms with van der Waals surface area (Å²) in [5.74, 6) is 0.0644. The van der Waals surface area contributed by atoms with Crippen LogP contribution >= 0.6 is 0 Å². The van der Waals surface area contributed by atoms with E-state index in [4.69, 9.17) is 5.11 Å². The standard InChI is InChI=1S/C19H26N4O2.C3H6/c1-20-19-17(7-3-10-23-19)22-11-4-9-21-12-8-15-5-2-6-16(13-15)14-18(24)25;1-3-2/h2-3,5-7,10,13,21-22H,4,8-9,11-12,14H2,1H3,(H,20,23)(H,24,25);3H,1H2,2H3. The molecule has 0 aliphatic carbocycles. The van der Waals surface area contributed by atoms with Crippen LogP contribution in [0.5, 0.6) is 0 Å². The molecule has 0 bridgehead atoms. The number of allylic oxidation sites excluding steroid dienone is 1. The summed E-state index contributed by atoms with van der Waals surface area (Å²) < 4.78 is 0. The van der Waals surface area contributed by atoms with Crippen LogP contribution in [0.25, 0.3) is 0 Å². The molecule has 0 saturated heterocycles. The van der Waals surface area contributed by atoms with Crippen LogP contribution in [0, 0.1) is 0 Å². The largest absolute Gasteiger partial charge is 0.481 e. The molecule has 1 aromatic heterocycles. The van der Waals surface area contributed by atoms with Gasteiger partial charge in [0.2, 0.25) is 0 Å². The van der Waals surface area contributed by atoms with Gasteiger partial charge < -0.3 is 21.1 Å². The second-order valence-corrected chi connectivity index (χ2v) is 6.23. The molecule has 2 aromatic rings. The van der Waals surface area contributed by atoms with Gasteiger partial charge in [-0.3, -0.25) is 4.79 Å². The fraction of sp³-hybridized carbons (Fsp3) is 0.364. The van der Waals surface area contributed by atoms with E-state index in [-0.39, 0.29) is 6.42 Å². The van der Waals surface area contributed by atoms with Gasteiger partial charge in [0.15, 0.2) is 0 Å². The maximum absolute atomic E-state index is 10.8. The van der Waals surface area contributed by atoms with E-state index in [1.165, 1.54) is 5.56 Å². The number of pyridine rings is 1. The molecule has 0 spiro atoms. The summed E-state index contributed by atoms with van der Waals surface area (Å²) in [5, 5.41) is 18.7. The Morgan fingerprint density at radius 3 is 2.64 bits per heavy atom. The van der Waals surface area contributed by atoms with Crippen molar-refractivity contribution in [3.05, 3.63) is 66.4 Å². The number of benzene rings is 1. The molecule has 0 unspecified atom stereocenters. The minimum atomic E-state index is -0.794. The summed E-state index contributed by atoms with van der Waals surface area (Å²) in [7, 11) is 1.86. The van der Waals surface area contributed by atoms with Crippen LogP contribution in [0.2, 0.25) is 0 Å². The molecule has 152 valence electrons. The van der Waals surface area contributed by atoms with Gasteiger partial charge in [0.25, 0.3) is 0 Å². The van der Waals surface area contributed by atoms with Crippen LogP contribution in [0.1, 0.15) is 24.5 Å². The molecule has 0 amide bonds. The lowest BCUT2D eigenvalue weighted by Gasteiger charge is -2.11. The highest BCUT2D eigenvalue weighted by molar-refractivity contribution is 5.70. The Labute approximate surface area is 168 Å². The van der Waals surface area contributed by atoms with Crippen LogP contribution in [0.4, 0.5) is 11.5 Å². The highest BCUT2D eigenvalue weighted by atomic mass is 16.4. The van der Waals surface area contributed by atoms with Gasteiger partial charge in [0.05, 0.1) is 12.1 Å². The van der Waals surface area contributed by atoms with Crippen molar-refractivity contribution in [3.63, 3.8) is 0 Å². The van der Waals surface area contributed by atoms with E-state index < -0.39 is 5.97 Å². The number of rotatable bonds is 11. The van der Waals surface area contributed by atoms with E-state index in [1.807, 2.05) is 50.4 Å². The first-order valence-electron chi connectivity index (χ1n) is 9.54.